The van der Waals surface area contributed by atoms with Crippen LogP contribution in [-0.4, -0.2) is 15.0 Å². The van der Waals surface area contributed by atoms with Crippen LogP contribution in [0.2, 0.25) is 0 Å². The topological polar surface area (TPSA) is 73.1 Å². The minimum Gasteiger partial charge on any atom is -0.322 e. The zero-order chi connectivity index (χ0) is 18.8. The van der Waals surface area contributed by atoms with Crippen molar-refractivity contribution < 1.29 is 13.6 Å². The SMILES string of the molecule is CCn1c(=O)c2ccccc2n(CC(=O)Nc2cccc(F)c2F)c1=O. The Kier molecular flexibility index (Phi) is 4.66. The molecule has 1 amide bonds. The van der Waals surface area contributed by atoms with Crippen LogP contribution in [0.4, 0.5) is 14.5 Å². The Morgan fingerprint density at radius 2 is 1.77 bits per heavy atom. The molecule has 0 aliphatic carbocycles. The molecular formula is C18H15F2N3O3. The Balaban J connectivity index is 2.03. The van der Waals surface area contributed by atoms with E-state index in [1.54, 1.807) is 31.2 Å². The first-order valence-electron chi connectivity index (χ1n) is 7.90. The van der Waals surface area contributed by atoms with Gasteiger partial charge in [-0.05, 0) is 31.2 Å². The Morgan fingerprint density at radius 3 is 2.50 bits per heavy atom. The molecule has 26 heavy (non-hydrogen) atoms. The number of rotatable bonds is 4. The van der Waals surface area contributed by atoms with Crippen LogP contribution in [-0.2, 0) is 17.9 Å². The summed E-state index contributed by atoms with van der Waals surface area (Å²) in [5, 5.41) is 2.53. The van der Waals surface area contributed by atoms with Crippen molar-refractivity contribution in [2.75, 3.05) is 5.32 Å². The number of nitrogens with zero attached hydrogens (tertiary/aromatic N) is 2. The highest BCUT2D eigenvalue weighted by Crippen LogP contribution is 2.16. The van der Waals surface area contributed by atoms with Gasteiger partial charge in [0, 0.05) is 6.54 Å². The maximum atomic E-state index is 13.7. The molecule has 0 saturated carbocycles. The van der Waals surface area contributed by atoms with Gasteiger partial charge in [-0.2, -0.15) is 0 Å². The first kappa shape index (κ1) is 17.5. The van der Waals surface area contributed by atoms with Crippen molar-refractivity contribution in [2.24, 2.45) is 0 Å². The maximum Gasteiger partial charge on any atom is 0.331 e. The zero-order valence-corrected chi connectivity index (χ0v) is 13.8. The number of para-hydroxylation sites is 1. The van der Waals surface area contributed by atoms with E-state index in [1.165, 1.54) is 12.1 Å². The first-order chi connectivity index (χ1) is 12.4. The molecule has 1 aromatic heterocycles. The highest BCUT2D eigenvalue weighted by Gasteiger charge is 2.16. The third-order valence-electron chi connectivity index (χ3n) is 3.98. The average Bonchev–Trinajstić information content (AvgIpc) is 2.63. The number of hydrogen-bond acceptors (Lipinski definition) is 3. The molecule has 0 aliphatic rings. The van der Waals surface area contributed by atoms with Gasteiger partial charge in [-0.15, -0.1) is 0 Å². The first-order valence-corrected chi connectivity index (χ1v) is 7.90. The molecule has 2 aromatic carbocycles. The lowest BCUT2D eigenvalue weighted by atomic mass is 10.2. The normalized spacial score (nSPS) is 10.9. The van der Waals surface area contributed by atoms with E-state index in [1.807, 2.05) is 0 Å². The molecule has 1 N–H and O–H groups in total. The lowest BCUT2D eigenvalue weighted by Crippen LogP contribution is -2.41. The van der Waals surface area contributed by atoms with Crippen molar-refractivity contribution in [3.63, 3.8) is 0 Å². The minimum atomic E-state index is -1.18. The molecule has 3 rings (SSSR count). The standard InChI is InChI=1S/C18H15F2N3O3/c1-2-22-17(25)11-6-3-4-9-14(11)23(18(22)26)10-15(24)21-13-8-5-7-12(19)16(13)20/h3-9H,2,10H2,1H3,(H,21,24). The second-order valence-corrected chi connectivity index (χ2v) is 5.58. The lowest BCUT2D eigenvalue weighted by molar-refractivity contribution is -0.116. The van der Waals surface area contributed by atoms with Crippen molar-refractivity contribution in [1.82, 2.24) is 9.13 Å². The highest BCUT2D eigenvalue weighted by molar-refractivity contribution is 5.91. The van der Waals surface area contributed by atoms with Gasteiger partial charge in [-0.25, -0.2) is 13.6 Å². The molecule has 3 aromatic rings. The van der Waals surface area contributed by atoms with E-state index < -0.39 is 35.3 Å². The summed E-state index contributed by atoms with van der Waals surface area (Å²) in [5.41, 5.74) is -1.12. The fourth-order valence-corrected chi connectivity index (χ4v) is 2.74. The van der Waals surface area contributed by atoms with E-state index in [9.17, 15) is 23.2 Å². The van der Waals surface area contributed by atoms with Gasteiger partial charge in [-0.1, -0.05) is 18.2 Å². The Morgan fingerprint density at radius 1 is 1.04 bits per heavy atom. The summed E-state index contributed by atoms with van der Waals surface area (Å²) in [6, 6.07) is 9.80. The Bertz CT molecular complexity index is 1120. The fraction of sp³-hybridized carbons (Fsp3) is 0.167. The van der Waals surface area contributed by atoms with Gasteiger partial charge in [-0.3, -0.25) is 18.7 Å². The van der Waals surface area contributed by atoms with Crippen LogP contribution in [0.3, 0.4) is 0 Å². The summed E-state index contributed by atoms with van der Waals surface area (Å²) in [5.74, 6) is -3.00. The van der Waals surface area contributed by atoms with Gasteiger partial charge >= 0.3 is 5.69 Å². The molecule has 0 unspecified atom stereocenters. The average molecular weight is 359 g/mol. The number of amides is 1. The summed E-state index contributed by atoms with van der Waals surface area (Å²) < 4.78 is 29.1. The third kappa shape index (κ3) is 3.01. The van der Waals surface area contributed by atoms with Gasteiger partial charge in [0.1, 0.15) is 6.54 Å². The van der Waals surface area contributed by atoms with Gasteiger partial charge in [0.25, 0.3) is 5.56 Å². The summed E-state index contributed by atoms with van der Waals surface area (Å²) in [6.07, 6.45) is 0. The van der Waals surface area contributed by atoms with Crippen LogP contribution in [0.25, 0.3) is 10.9 Å². The van der Waals surface area contributed by atoms with Crippen LogP contribution in [0, 0.1) is 11.6 Å². The molecule has 8 heteroatoms. The number of nitrogens with one attached hydrogen (secondary N) is 1. The smallest absolute Gasteiger partial charge is 0.322 e. The summed E-state index contributed by atoms with van der Waals surface area (Å²) in [6.45, 7) is 1.34. The molecule has 0 atom stereocenters. The summed E-state index contributed by atoms with van der Waals surface area (Å²) in [4.78, 5) is 37.2. The minimum absolute atomic E-state index is 0.142. The van der Waals surface area contributed by atoms with Crippen LogP contribution in [0.5, 0.6) is 0 Å². The maximum absolute atomic E-state index is 13.7. The lowest BCUT2D eigenvalue weighted by Gasteiger charge is -2.13. The van der Waals surface area contributed by atoms with E-state index in [0.29, 0.717) is 10.9 Å². The van der Waals surface area contributed by atoms with Crippen molar-refractivity contribution in [1.29, 1.82) is 0 Å². The number of halogens is 2. The second-order valence-electron chi connectivity index (χ2n) is 5.58. The van der Waals surface area contributed by atoms with E-state index >= 15 is 0 Å². The number of aromatic nitrogens is 2. The molecule has 0 radical (unpaired) electrons. The largest absolute Gasteiger partial charge is 0.331 e. The number of carbonyl (C=O) groups is 1. The molecule has 0 saturated heterocycles. The Hall–Kier alpha value is -3.29. The third-order valence-corrected chi connectivity index (χ3v) is 3.98. The van der Waals surface area contributed by atoms with Gasteiger partial charge in [0.05, 0.1) is 16.6 Å². The van der Waals surface area contributed by atoms with E-state index in [2.05, 4.69) is 5.32 Å². The molecule has 0 spiro atoms. The van der Waals surface area contributed by atoms with Crippen LogP contribution in [0.1, 0.15) is 6.92 Å². The molecule has 0 bridgehead atoms. The van der Waals surface area contributed by atoms with Gasteiger partial charge in [0.15, 0.2) is 11.6 Å². The van der Waals surface area contributed by atoms with Crippen molar-refractivity contribution in [3.8, 4) is 0 Å². The molecule has 0 fully saturated rings. The quantitative estimate of drug-likeness (QED) is 0.775. The van der Waals surface area contributed by atoms with Crippen molar-refractivity contribution in [3.05, 3.63) is 74.9 Å². The van der Waals surface area contributed by atoms with Crippen LogP contribution >= 0.6 is 0 Å². The molecular weight excluding hydrogens is 344 g/mol. The Labute approximate surface area is 146 Å². The van der Waals surface area contributed by atoms with E-state index in [0.717, 1.165) is 15.2 Å². The molecule has 134 valence electrons. The number of hydrogen-bond donors (Lipinski definition) is 1. The molecule has 1 heterocycles. The number of anilines is 1. The predicted octanol–water partition coefficient (Wildman–Crippen LogP) is 2.10. The molecule has 6 nitrogen and oxygen atoms in total. The zero-order valence-electron chi connectivity index (χ0n) is 13.8. The predicted molar refractivity (Wildman–Crippen MR) is 93.1 cm³/mol. The second kappa shape index (κ2) is 6.91. The van der Waals surface area contributed by atoms with Gasteiger partial charge in [0.2, 0.25) is 5.91 Å². The summed E-state index contributed by atoms with van der Waals surface area (Å²) >= 11 is 0. The van der Waals surface area contributed by atoms with Crippen molar-refractivity contribution in [2.45, 2.75) is 20.0 Å². The van der Waals surface area contributed by atoms with Crippen molar-refractivity contribution >= 4 is 22.5 Å². The van der Waals surface area contributed by atoms with E-state index in [4.69, 9.17) is 0 Å². The monoisotopic (exact) mass is 359 g/mol. The van der Waals surface area contributed by atoms with E-state index in [-0.39, 0.29) is 12.2 Å². The number of benzene rings is 2. The number of carbonyl (C=O) groups excluding carboxylic acids is 1. The number of fused-ring (bicyclic) bond motifs is 1. The summed E-state index contributed by atoms with van der Waals surface area (Å²) in [7, 11) is 0. The highest BCUT2D eigenvalue weighted by atomic mass is 19.2. The van der Waals surface area contributed by atoms with Crippen LogP contribution < -0.4 is 16.6 Å². The van der Waals surface area contributed by atoms with Crippen LogP contribution in [0.15, 0.2) is 52.1 Å². The molecule has 0 aliphatic heterocycles. The van der Waals surface area contributed by atoms with Gasteiger partial charge < -0.3 is 5.32 Å². The fourth-order valence-electron chi connectivity index (χ4n) is 2.74.